The summed E-state index contributed by atoms with van der Waals surface area (Å²) in [6.07, 6.45) is 3.47. The molecule has 0 bridgehead atoms. The number of nitrogens with zero attached hydrogens (tertiary/aromatic N) is 3. The Morgan fingerprint density at radius 1 is 1.29 bits per heavy atom. The molecule has 2 aromatic heterocycles. The van der Waals surface area contributed by atoms with Crippen molar-refractivity contribution in [1.82, 2.24) is 20.1 Å². The predicted octanol–water partition coefficient (Wildman–Crippen LogP) is 2.18. The lowest BCUT2D eigenvalue weighted by Gasteiger charge is -2.06. The Hall–Kier alpha value is -1.10. The van der Waals surface area contributed by atoms with Crippen LogP contribution in [0, 0.1) is 0 Å². The molecular formula is C11H14Cl2N4. The van der Waals surface area contributed by atoms with Gasteiger partial charge in [-0.1, -0.05) is 17.7 Å². The first-order valence-corrected chi connectivity index (χ1v) is 5.42. The summed E-state index contributed by atoms with van der Waals surface area (Å²) in [5, 5.41) is 7.95. The molecule has 0 saturated heterocycles. The van der Waals surface area contributed by atoms with Gasteiger partial charge in [0.1, 0.15) is 5.15 Å². The predicted molar refractivity (Wildman–Crippen MR) is 70.2 cm³/mol. The lowest BCUT2D eigenvalue weighted by molar-refractivity contribution is 0.625. The molecule has 1 N–H and O–H groups in total. The zero-order valence-electron chi connectivity index (χ0n) is 9.43. The van der Waals surface area contributed by atoms with Gasteiger partial charge in [-0.05, 0) is 12.1 Å². The van der Waals surface area contributed by atoms with Crippen molar-refractivity contribution >= 4 is 24.0 Å². The number of aromatic nitrogens is 3. The molecule has 0 aliphatic rings. The third-order valence-corrected chi connectivity index (χ3v) is 2.72. The second-order valence-corrected chi connectivity index (χ2v) is 3.86. The standard InChI is InChI=1S/C11H13ClN4.ClH/c1-16-10(4-6-15-16)8-13-7-9-3-2-5-14-11(9)12;/h2-6,13H,7-8H2,1H3;1H. The third-order valence-electron chi connectivity index (χ3n) is 2.38. The molecule has 2 heterocycles. The van der Waals surface area contributed by atoms with Crippen LogP contribution in [0.15, 0.2) is 30.6 Å². The quantitative estimate of drug-likeness (QED) is 0.868. The minimum absolute atomic E-state index is 0. The molecule has 6 heteroatoms. The van der Waals surface area contributed by atoms with E-state index in [1.165, 1.54) is 0 Å². The fraction of sp³-hybridized carbons (Fsp3) is 0.273. The zero-order valence-corrected chi connectivity index (χ0v) is 11.0. The first-order chi connectivity index (χ1) is 7.77. The Morgan fingerprint density at radius 3 is 2.76 bits per heavy atom. The van der Waals surface area contributed by atoms with Gasteiger partial charge in [-0.25, -0.2) is 4.98 Å². The second-order valence-electron chi connectivity index (χ2n) is 3.50. The molecule has 0 aliphatic carbocycles. The van der Waals surface area contributed by atoms with Crippen molar-refractivity contribution in [3.63, 3.8) is 0 Å². The Bertz CT molecular complexity index is 470. The first kappa shape index (κ1) is 14.0. The lowest BCUT2D eigenvalue weighted by Crippen LogP contribution is -2.15. The van der Waals surface area contributed by atoms with Crippen LogP contribution >= 0.6 is 24.0 Å². The summed E-state index contributed by atoms with van der Waals surface area (Å²) in [4.78, 5) is 4.02. The van der Waals surface area contributed by atoms with Crippen LogP contribution in [0.5, 0.6) is 0 Å². The topological polar surface area (TPSA) is 42.7 Å². The van der Waals surface area contributed by atoms with E-state index in [4.69, 9.17) is 11.6 Å². The maximum Gasteiger partial charge on any atom is 0.133 e. The van der Waals surface area contributed by atoms with Crippen LogP contribution in [0.25, 0.3) is 0 Å². The van der Waals surface area contributed by atoms with E-state index in [-0.39, 0.29) is 12.4 Å². The van der Waals surface area contributed by atoms with Crippen molar-refractivity contribution in [2.24, 2.45) is 7.05 Å². The summed E-state index contributed by atoms with van der Waals surface area (Å²) in [7, 11) is 1.92. The monoisotopic (exact) mass is 272 g/mol. The summed E-state index contributed by atoms with van der Waals surface area (Å²) in [6.45, 7) is 1.47. The molecule has 0 atom stereocenters. The largest absolute Gasteiger partial charge is 0.307 e. The molecule has 2 rings (SSSR count). The van der Waals surface area contributed by atoms with Crippen LogP contribution in [0.1, 0.15) is 11.3 Å². The average Bonchev–Trinajstić information content (AvgIpc) is 2.67. The van der Waals surface area contributed by atoms with Gasteiger partial charge in [0.25, 0.3) is 0 Å². The minimum Gasteiger partial charge on any atom is -0.307 e. The number of hydrogen-bond acceptors (Lipinski definition) is 3. The smallest absolute Gasteiger partial charge is 0.133 e. The molecule has 17 heavy (non-hydrogen) atoms. The lowest BCUT2D eigenvalue weighted by atomic mass is 10.3. The molecule has 0 spiro atoms. The molecule has 0 saturated carbocycles. The van der Waals surface area contributed by atoms with Gasteiger partial charge in [-0.3, -0.25) is 4.68 Å². The number of nitrogens with one attached hydrogen (secondary N) is 1. The molecule has 92 valence electrons. The fourth-order valence-corrected chi connectivity index (χ4v) is 1.64. The van der Waals surface area contributed by atoms with Crippen LogP contribution in [0.3, 0.4) is 0 Å². The van der Waals surface area contributed by atoms with E-state index in [0.717, 1.165) is 17.8 Å². The van der Waals surface area contributed by atoms with Gasteiger partial charge in [0.15, 0.2) is 0 Å². The van der Waals surface area contributed by atoms with Crippen molar-refractivity contribution in [1.29, 1.82) is 0 Å². The Balaban J connectivity index is 0.00000144. The summed E-state index contributed by atoms with van der Waals surface area (Å²) in [5.41, 5.74) is 2.14. The van der Waals surface area contributed by atoms with Gasteiger partial charge >= 0.3 is 0 Å². The summed E-state index contributed by atoms with van der Waals surface area (Å²) in [5.74, 6) is 0. The van der Waals surface area contributed by atoms with Gasteiger partial charge in [-0.2, -0.15) is 5.10 Å². The maximum atomic E-state index is 5.95. The van der Waals surface area contributed by atoms with Gasteiger partial charge in [0.05, 0.1) is 5.69 Å². The zero-order chi connectivity index (χ0) is 11.4. The third kappa shape index (κ3) is 3.70. The van der Waals surface area contributed by atoms with Crippen LogP contribution < -0.4 is 5.32 Å². The van der Waals surface area contributed by atoms with E-state index in [9.17, 15) is 0 Å². The van der Waals surface area contributed by atoms with Crippen LogP contribution in [0.4, 0.5) is 0 Å². The highest BCUT2D eigenvalue weighted by Crippen LogP contribution is 2.10. The molecule has 0 radical (unpaired) electrons. The van der Waals surface area contributed by atoms with Crippen molar-refractivity contribution in [3.8, 4) is 0 Å². The van der Waals surface area contributed by atoms with Gasteiger partial charge in [-0.15, -0.1) is 12.4 Å². The van der Waals surface area contributed by atoms with Gasteiger partial charge in [0, 0.05) is 38.1 Å². The minimum atomic E-state index is 0. The van der Waals surface area contributed by atoms with E-state index < -0.39 is 0 Å². The van der Waals surface area contributed by atoms with Gasteiger partial charge < -0.3 is 5.32 Å². The normalized spacial score (nSPS) is 10.0. The van der Waals surface area contributed by atoms with Crippen molar-refractivity contribution in [2.45, 2.75) is 13.1 Å². The van der Waals surface area contributed by atoms with Crippen molar-refractivity contribution < 1.29 is 0 Å². The molecular weight excluding hydrogens is 259 g/mol. The number of hydrogen-bond donors (Lipinski definition) is 1. The van der Waals surface area contributed by atoms with E-state index in [2.05, 4.69) is 15.4 Å². The summed E-state index contributed by atoms with van der Waals surface area (Å²) < 4.78 is 1.85. The number of rotatable bonds is 4. The highest BCUT2D eigenvalue weighted by Gasteiger charge is 2.01. The van der Waals surface area contributed by atoms with E-state index in [1.807, 2.05) is 29.9 Å². The van der Waals surface area contributed by atoms with Crippen LogP contribution in [-0.4, -0.2) is 14.8 Å². The van der Waals surface area contributed by atoms with Gasteiger partial charge in [0.2, 0.25) is 0 Å². The highest BCUT2D eigenvalue weighted by molar-refractivity contribution is 6.30. The maximum absolute atomic E-state index is 5.95. The van der Waals surface area contributed by atoms with Crippen LogP contribution in [0.2, 0.25) is 5.15 Å². The summed E-state index contributed by atoms with van der Waals surface area (Å²) >= 11 is 5.95. The highest BCUT2D eigenvalue weighted by atomic mass is 35.5. The molecule has 0 aliphatic heterocycles. The molecule has 2 aromatic rings. The Kier molecular flexibility index (Phi) is 5.41. The van der Waals surface area contributed by atoms with Crippen molar-refractivity contribution in [2.75, 3.05) is 0 Å². The average molecular weight is 273 g/mol. The number of halogens is 2. The number of pyridine rings is 1. The summed E-state index contributed by atoms with van der Waals surface area (Å²) in [6, 6.07) is 5.83. The fourth-order valence-electron chi connectivity index (χ4n) is 1.45. The number of aryl methyl sites for hydroxylation is 1. The molecule has 0 aromatic carbocycles. The SMILES string of the molecule is Cl.Cn1nccc1CNCc1cccnc1Cl. The first-order valence-electron chi connectivity index (χ1n) is 5.04. The van der Waals surface area contributed by atoms with E-state index >= 15 is 0 Å². The van der Waals surface area contributed by atoms with E-state index in [0.29, 0.717) is 11.7 Å². The Labute approximate surface area is 111 Å². The second kappa shape index (κ2) is 6.59. The molecule has 4 nitrogen and oxygen atoms in total. The van der Waals surface area contributed by atoms with Crippen molar-refractivity contribution in [3.05, 3.63) is 47.0 Å². The molecule has 0 amide bonds. The molecule has 0 fully saturated rings. The van der Waals surface area contributed by atoms with E-state index in [1.54, 1.807) is 12.4 Å². The Morgan fingerprint density at radius 2 is 2.12 bits per heavy atom. The van der Waals surface area contributed by atoms with Crippen LogP contribution in [-0.2, 0) is 20.1 Å². The molecule has 0 unspecified atom stereocenters.